The van der Waals surface area contributed by atoms with E-state index in [0.717, 1.165) is 12.8 Å². The van der Waals surface area contributed by atoms with Crippen molar-refractivity contribution in [3.05, 3.63) is 48.6 Å². The second kappa shape index (κ2) is 13.5. The topological polar surface area (TPSA) is 98.0 Å². The standard InChI is InChI=1S/C22H34O5/c1-2-3-4-5-6-9-12-18-19(21(25)16-20(18)24)15-14-17(23)11-8-7-10-13-22(26)27/h3-4,6-9,14-15,17-21,23-25H,2,5,10-13,16H2,1H3,(H,26,27)/b4-3-,8-7-,9-6-,15-14+/t17-,18+,19+,20+,21-/m0/s1. The third-order valence-corrected chi connectivity index (χ3v) is 4.79. The van der Waals surface area contributed by atoms with Gasteiger partial charge in [-0.3, -0.25) is 4.79 Å². The number of hydrogen-bond donors (Lipinski definition) is 4. The Bertz CT molecular complexity index is 535. The van der Waals surface area contributed by atoms with Gasteiger partial charge in [0.25, 0.3) is 0 Å². The van der Waals surface area contributed by atoms with Gasteiger partial charge in [0, 0.05) is 18.8 Å². The highest BCUT2D eigenvalue weighted by molar-refractivity contribution is 5.66. The molecule has 152 valence electrons. The molecule has 0 spiro atoms. The van der Waals surface area contributed by atoms with Crippen molar-refractivity contribution in [3.63, 3.8) is 0 Å². The number of carboxylic acids is 1. The van der Waals surface area contributed by atoms with E-state index in [1.165, 1.54) is 0 Å². The summed E-state index contributed by atoms with van der Waals surface area (Å²) in [5.41, 5.74) is 0. The summed E-state index contributed by atoms with van der Waals surface area (Å²) in [7, 11) is 0. The largest absolute Gasteiger partial charge is 0.481 e. The molecule has 1 aliphatic carbocycles. The summed E-state index contributed by atoms with van der Waals surface area (Å²) in [6, 6.07) is 0. The molecule has 5 atom stereocenters. The first-order valence-electron chi connectivity index (χ1n) is 9.85. The van der Waals surface area contributed by atoms with Gasteiger partial charge in [0.05, 0.1) is 18.3 Å². The third-order valence-electron chi connectivity index (χ3n) is 4.79. The summed E-state index contributed by atoms with van der Waals surface area (Å²) < 4.78 is 0. The average Bonchev–Trinajstić information content (AvgIpc) is 2.88. The van der Waals surface area contributed by atoms with Crippen molar-refractivity contribution in [3.8, 4) is 0 Å². The molecule has 1 rings (SSSR count). The fourth-order valence-electron chi connectivity index (χ4n) is 3.29. The quantitative estimate of drug-likeness (QED) is 0.390. The van der Waals surface area contributed by atoms with Crippen molar-refractivity contribution < 1.29 is 25.2 Å². The molecule has 1 saturated carbocycles. The lowest BCUT2D eigenvalue weighted by molar-refractivity contribution is -0.136. The fourth-order valence-corrected chi connectivity index (χ4v) is 3.29. The molecule has 5 heteroatoms. The van der Waals surface area contributed by atoms with Crippen LogP contribution in [0.1, 0.15) is 51.9 Å². The molecular formula is C22H34O5. The number of aliphatic hydroxyl groups is 3. The molecule has 0 amide bonds. The third kappa shape index (κ3) is 9.70. The highest BCUT2D eigenvalue weighted by Gasteiger charge is 2.39. The molecular weight excluding hydrogens is 344 g/mol. The van der Waals surface area contributed by atoms with Crippen LogP contribution in [0.15, 0.2) is 48.6 Å². The highest BCUT2D eigenvalue weighted by atomic mass is 16.4. The number of carboxylic acid groups (broad SMARTS) is 1. The maximum Gasteiger partial charge on any atom is 0.303 e. The summed E-state index contributed by atoms with van der Waals surface area (Å²) >= 11 is 0. The molecule has 0 heterocycles. The van der Waals surface area contributed by atoms with E-state index in [4.69, 9.17) is 5.11 Å². The predicted octanol–water partition coefficient (Wildman–Crippen LogP) is 3.38. The molecule has 0 unspecified atom stereocenters. The lowest BCUT2D eigenvalue weighted by Crippen LogP contribution is -2.20. The van der Waals surface area contributed by atoms with E-state index in [9.17, 15) is 20.1 Å². The van der Waals surface area contributed by atoms with Crippen LogP contribution in [0.4, 0.5) is 0 Å². The molecule has 0 aromatic rings. The summed E-state index contributed by atoms with van der Waals surface area (Å²) in [6.07, 6.45) is 17.4. The normalized spacial score (nSPS) is 27.6. The molecule has 0 bridgehead atoms. The smallest absolute Gasteiger partial charge is 0.303 e. The van der Waals surface area contributed by atoms with Gasteiger partial charge in [-0.05, 0) is 38.0 Å². The zero-order chi connectivity index (χ0) is 20.1. The minimum Gasteiger partial charge on any atom is -0.481 e. The first-order chi connectivity index (χ1) is 13.0. The molecule has 0 aliphatic heterocycles. The SMILES string of the molecule is CC/C=C\C/C=C\C[C@@H]1[C@@H](/C=C/[C@@H](O)C/C=C\CCC(=O)O)[C@@H](O)C[C@H]1O. The number of rotatable bonds is 12. The number of hydrogen-bond acceptors (Lipinski definition) is 4. The van der Waals surface area contributed by atoms with Crippen LogP contribution in [-0.4, -0.2) is 44.7 Å². The molecule has 0 aromatic carbocycles. The average molecular weight is 379 g/mol. The van der Waals surface area contributed by atoms with Gasteiger partial charge in [-0.25, -0.2) is 0 Å². The van der Waals surface area contributed by atoms with Crippen molar-refractivity contribution in [2.75, 3.05) is 0 Å². The molecule has 5 nitrogen and oxygen atoms in total. The number of carbonyl (C=O) groups is 1. The van der Waals surface area contributed by atoms with Gasteiger partial charge >= 0.3 is 5.97 Å². The molecule has 4 N–H and O–H groups in total. The number of aliphatic carboxylic acids is 1. The summed E-state index contributed by atoms with van der Waals surface area (Å²) in [5, 5.41) is 39.0. The van der Waals surface area contributed by atoms with Crippen molar-refractivity contribution in [1.29, 1.82) is 0 Å². The molecule has 1 aliphatic rings. The molecule has 27 heavy (non-hydrogen) atoms. The van der Waals surface area contributed by atoms with Gasteiger partial charge in [-0.15, -0.1) is 0 Å². The van der Waals surface area contributed by atoms with E-state index in [1.807, 2.05) is 12.2 Å². The second-order valence-electron chi connectivity index (χ2n) is 7.03. The van der Waals surface area contributed by atoms with Crippen molar-refractivity contribution in [1.82, 2.24) is 0 Å². The maximum absolute atomic E-state index is 10.4. The number of aliphatic hydroxyl groups excluding tert-OH is 3. The Hall–Kier alpha value is -1.69. The molecule has 0 radical (unpaired) electrons. The van der Waals surface area contributed by atoms with Gasteiger partial charge in [-0.2, -0.15) is 0 Å². The van der Waals surface area contributed by atoms with Gasteiger partial charge in [0.1, 0.15) is 0 Å². The summed E-state index contributed by atoms with van der Waals surface area (Å²) in [4.78, 5) is 10.4. The second-order valence-corrected chi connectivity index (χ2v) is 7.03. The van der Waals surface area contributed by atoms with Gasteiger partial charge in [0.2, 0.25) is 0 Å². The Morgan fingerprint density at radius 3 is 2.52 bits per heavy atom. The van der Waals surface area contributed by atoms with Gasteiger partial charge in [-0.1, -0.05) is 55.5 Å². The lowest BCUT2D eigenvalue weighted by atomic mass is 9.89. The highest BCUT2D eigenvalue weighted by Crippen LogP contribution is 2.36. The Kier molecular flexibility index (Phi) is 11.7. The van der Waals surface area contributed by atoms with Crippen LogP contribution in [-0.2, 0) is 4.79 Å². The van der Waals surface area contributed by atoms with E-state index in [1.54, 1.807) is 18.2 Å². The predicted molar refractivity (Wildman–Crippen MR) is 107 cm³/mol. The first-order valence-corrected chi connectivity index (χ1v) is 9.85. The van der Waals surface area contributed by atoms with Crippen molar-refractivity contribution in [2.24, 2.45) is 11.8 Å². The lowest BCUT2D eigenvalue weighted by Gasteiger charge is -2.19. The van der Waals surface area contributed by atoms with E-state index >= 15 is 0 Å². The first kappa shape index (κ1) is 23.3. The Balaban J connectivity index is 2.49. The zero-order valence-electron chi connectivity index (χ0n) is 16.2. The van der Waals surface area contributed by atoms with Crippen molar-refractivity contribution in [2.45, 2.75) is 70.2 Å². The van der Waals surface area contributed by atoms with Crippen LogP contribution in [0, 0.1) is 11.8 Å². The van der Waals surface area contributed by atoms with E-state index < -0.39 is 24.3 Å². The van der Waals surface area contributed by atoms with E-state index in [2.05, 4.69) is 25.2 Å². The Labute approximate surface area is 162 Å². The molecule has 1 fully saturated rings. The van der Waals surface area contributed by atoms with Crippen LogP contribution in [0.3, 0.4) is 0 Å². The monoisotopic (exact) mass is 378 g/mol. The minimum atomic E-state index is -0.838. The molecule has 0 saturated heterocycles. The maximum atomic E-state index is 10.4. The van der Waals surface area contributed by atoms with E-state index in [0.29, 0.717) is 25.7 Å². The van der Waals surface area contributed by atoms with Crippen LogP contribution >= 0.6 is 0 Å². The van der Waals surface area contributed by atoms with Crippen molar-refractivity contribution >= 4 is 5.97 Å². The fraction of sp³-hybridized carbons (Fsp3) is 0.591. The van der Waals surface area contributed by atoms with Gasteiger partial charge in [0.15, 0.2) is 0 Å². The molecule has 0 aromatic heterocycles. The van der Waals surface area contributed by atoms with E-state index in [-0.39, 0.29) is 18.3 Å². The van der Waals surface area contributed by atoms with Crippen LogP contribution in [0.5, 0.6) is 0 Å². The van der Waals surface area contributed by atoms with Gasteiger partial charge < -0.3 is 20.4 Å². The summed E-state index contributed by atoms with van der Waals surface area (Å²) in [5.74, 6) is -1.07. The Morgan fingerprint density at radius 2 is 1.81 bits per heavy atom. The van der Waals surface area contributed by atoms with Crippen LogP contribution in [0.2, 0.25) is 0 Å². The van der Waals surface area contributed by atoms with Crippen LogP contribution in [0.25, 0.3) is 0 Å². The Morgan fingerprint density at radius 1 is 1.07 bits per heavy atom. The number of allylic oxidation sites excluding steroid dienone is 5. The zero-order valence-corrected chi connectivity index (χ0v) is 16.2. The van der Waals surface area contributed by atoms with Crippen LogP contribution < -0.4 is 0 Å². The summed E-state index contributed by atoms with van der Waals surface area (Å²) in [6.45, 7) is 2.09. The minimum absolute atomic E-state index is 0.0547.